The van der Waals surface area contributed by atoms with E-state index >= 15 is 0 Å². The summed E-state index contributed by atoms with van der Waals surface area (Å²) in [5.74, 6) is 1.90. The van der Waals surface area contributed by atoms with Crippen molar-refractivity contribution in [1.29, 1.82) is 0 Å². The Kier molecular flexibility index (Phi) is 9.23. The summed E-state index contributed by atoms with van der Waals surface area (Å²) in [6.07, 6.45) is 4.21. The highest BCUT2D eigenvalue weighted by Gasteiger charge is 2.14. The first-order valence-electron chi connectivity index (χ1n) is 12.9. The maximum absolute atomic E-state index is 10.6. The van der Waals surface area contributed by atoms with Gasteiger partial charge in [0.05, 0.1) is 14.2 Å². The standard InChI is InChI=1S/C31H39N3O3/c1-32-13-14-33(2)16-18-34(17-15-32)23-28-19-25(9-12-31(28)35)6-5-24-7-10-26(11-8-24)27-20-29(36-3)22-30(21-27)37-4/h5-12,19-22,35H,13-18,23H2,1-4H3/b6-5+. The van der Waals surface area contributed by atoms with Gasteiger partial charge < -0.3 is 24.4 Å². The molecule has 1 saturated heterocycles. The quantitative estimate of drug-likeness (QED) is 0.464. The first kappa shape index (κ1) is 26.7. The molecule has 1 N–H and O–H groups in total. The molecule has 3 aromatic carbocycles. The molecule has 0 aromatic heterocycles. The molecule has 0 amide bonds. The molecule has 0 radical (unpaired) electrons. The Morgan fingerprint density at radius 1 is 0.676 bits per heavy atom. The molecule has 1 fully saturated rings. The molecule has 0 saturated carbocycles. The Labute approximate surface area is 221 Å². The number of hydrogen-bond acceptors (Lipinski definition) is 6. The van der Waals surface area contributed by atoms with Gasteiger partial charge in [0.1, 0.15) is 17.2 Å². The molecule has 3 aromatic rings. The number of hydrogen-bond donors (Lipinski definition) is 1. The van der Waals surface area contributed by atoms with Crippen molar-refractivity contribution < 1.29 is 14.6 Å². The van der Waals surface area contributed by atoms with Crippen LogP contribution in [0.25, 0.3) is 23.3 Å². The van der Waals surface area contributed by atoms with Crippen LogP contribution in [0.1, 0.15) is 16.7 Å². The fourth-order valence-corrected chi connectivity index (χ4v) is 4.49. The first-order chi connectivity index (χ1) is 17.9. The third-order valence-corrected chi connectivity index (χ3v) is 7.02. The molecular formula is C31H39N3O3. The van der Waals surface area contributed by atoms with E-state index in [1.54, 1.807) is 14.2 Å². The van der Waals surface area contributed by atoms with Crippen molar-refractivity contribution in [2.45, 2.75) is 6.54 Å². The van der Waals surface area contributed by atoms with Gasteiger partial charge >= 0.3 is 0 Å². The van der Waals surface area contributed by atoms with Gasteiger partial charge in [0.2, 0.25) is 0 Å². The number of likely N-dealkylation sites (N-methyl/N-ethyl adjacent to an activating group) is 2. The number of phenols is 1. The highest BCUT2D eigenvalue weighted by atomic mass is 16.5. The van der Waals surface area contributed by atoms with Crippen LogP contribution in [0.15, 0.2) is 60.7 Å². The van der Waals surface area contributed by atoms with Gasteiger partial charge in [-0.15, -0.1) is 0 Å². The van der Waals surface area contributed by atoms with Gasteiger partial charge in [-0.05, 0) is 60.6 Å². The number of benzene rings is 3. The summed E-state index contributed by atoms with van der Waals surface area (Å²) in [7, 11) is 7.68. The number of nitrogens with zero attached hydrogens (tertiary/aromatic N) is 3. The Balaban J connectivity index is 1.45. The van der Waals surface area contributed by atoms with Crippen molar-refractivity contribution in [1.82, 2.24) is 14.7 Å². The second-order valence-electron chi connectivity index (χ2n) is 9.83. The molecule has 6 nitrogen and oxygen atoms in total. The van der Waals surface area contributed by atoms with Gasteiger partial charge in [0.25, 0.3) is 0 Å². The molecular weight excluding hydrogens is 462 g/mol. The van der Waals surface area contributed by atoms with Crippen LogP contribution in [0.3, 0.4) is 0 Å². The van der Waals surface area contributed by atoms with Crippen LogP contribution in [-0.4, -0.2) is 87.4 Å². The van der Waals surface area contributed by atoms with Crippen LogP contribution in [0.2, 0.25) is 0 Å². The first-order valence-corrected chi connectivity index (χ1v) is 12.9. The fourth-order valence-electron chi connectivity index (χ4n) is 4.49. The summed E-state index contributed by atoms with van der Waals surface area (Å²) in [5, 5.41) is 10.6. The number of phenolic OH excluding ortho intramolecular Hbond substituents is 1. The zero-order valence-corrected chi connectivity index (χ0v) is 22.5. The van der Waals surface area contributed by atoms with Crippen LogP contribution in [0.4, 0.5) is 0 Å². The van der Waals surface area contributed by atoms with Gasteiger partial charge in [-0.2, -0.15) is 0 Å². The van der Waals surface area contributed by atoms with E-state index in [9.17, 15) is 5.11 Å². The van der Waals surface area contributed by atoms with Crippen molar-refractivity contribution >= 4 is 12.2 Å². The zero-order valence-electron chi connectivity index (χ0n) is 22.5. The average molecular weight is 502 g/mol. The van der Waals surface area contributed by atoms with Crippen LogP contribution in [-0.2, 0) is 6.54 Å². The van der Waals surface area contributed by atoms with E-state index in [1.165, 1.54) is 0 Å². The normalized spacial score (nSPS) is 16.3. The zero-order chi connectivity index (χ0) is 26.2. The molecule has 6 heteroatoms. The lowest BCUT2D eigenvalue weighted by Gasteiger charge is -2.24. The highest BCUT2D eigenvalue weighted by molar-refractivity contribution is 5.73. The largest absolute Gasteiger partial charge is 0.508 e. The molecule has 0 unspecified atom stereocenters. The molecule has 1 aliphatic rings. The topological polar surface area (TPSA) is 48.4 Å². The third kappa shape index (κ3) is 7.59. The predicted octanol–water partition coefficient (Wildman–Crippen LogP) is 4.93. The Hall–Kier alpha value is -3.32. The number of aromatic hydroxyl groups is 1. The maximum atomic E-state index is 10.6. The highest BCUT2D eigenvalue weighted by Crippen LogP contribution is 2.30. The molecule has 1 aliphatic heterocycles. The van der Waals surface area contributed by atoms with Crippen molar-refractivity contribution in [3.05, 3.63) is 77.4 Å². The van der Waals surface area contributed by atoms with Crippen LogP contribution >= 0.6 is 0 Å². The number of ether oxygens (including phenoxy) is 2. The number of methoxy groups -OCH3 is 2. The molecule has 0 spiro atoms. The van der Waals surface area contributed by atoms with E-state index in [-0.39, 0.29) is 0 Å². The lowest BCUT2D eigenvalue weighted by Crippen LogP contribution is -2.34. The monoisotopic (exact) mass is 501 g/mol. The van der Waals surface area contributed by atoms with E-state index in [2.05, 4.69) is 71.3 Å². The SMILES string of the molecule is COc1cc(OC)cc(-c2ccc(/C=C/c3ccc(O)c(CN4CCN(C)CCN(C)CC4)c3)cc2)c1. The fraction of sp³-hybridized carbons (Fsp3) is 0.355. The summed E-state index contributed by atoms with van der Waals surface area (Å²) in [4.78, 5) is 7.20. The van der Waals surface area contributed by atoms with Gasteiger partial charge in [0.15, 0.2) is 0 Å². The molecule has 1 heterocycles. The minimum atomic E-state index is 0.358. The summed E-state index contributed by atoms with van der Waals surface area (Å²) in [5.41, 5.74) is 5.30. The van der Waals surface area contributed by atoms with E-state index in [0.29, 0.717) is 5.75 Å². The molecule has 4 rings (SSSR count). The average Bonchev–Trinajstić information content (AvgIpc) is 3.00. The van der Waals surface area contributed by atoms with E-state index in [1.807, 2.05) is 30.3 Å². The van der Waals surface area contributed by atoms with Gasteiger partial charge in [-0.1, -0.05) is 42.5 Å². The summed E-state index contributed by atoms with van der Waals surface area (Å²) >= 11 is 0. The van der Waals surface area contributed by atoms with Crippen molar-refractivity contribution in [3.8, 4) is 28.4 Å². The maximum Gasteiger partial charge on any atom is 0.123 e. The van der Waals surface area contributed by atoms with E-state index in [4.69, 9.17) is 9.47 Å². The number of rotatable bonds is 7. The lowest BCUT2D eigenvalue weighted by molar-refractivity contribution is 0.226. The minimum absolute atomic E-state index is 0.358. The molecule has 37 heavy (non-hydrogen) atoms. The van der Waals surface area contributed by atoms with Crippen molar-refractivity contribution in [2.24, 2.45) is 0 Å². The van der Waals surface area contributed by atoms with Crippen LogP contribution < -0.4 is 9.47 Å². The third-order valence-electron chi connectivity index (χ3n) is 7.02. The van der Waals surface area contributed by atoms with Crippen molar-refractivity contribution in [2.75, 3.05) is 67.6 Å². The predicted molar refractivity (Wildman–Crippen MR) is 152 cm³/mol. The summed E-state index contributed by atoms with van der Waals surface area (Å²) in [6, 6.07) is 20.2. The summed E-state index contributed by atoms with van der Waals surface area (Å²) in [6.45, 7) is 6.98. The van der Waals surface area contributed by atoms with Crippen LogP contribution in [0, 0.1) is 0 Å². The Bertz CT molecular complexity index is 1160. The second kappa shape index (κ2) is 12.8. The minimum Gasteiger partial charge on any atom is -0.508 e. The van der Waals surface area contributed by atoms with Gasteiger partial charge in [0, 0.05) is 57.4 Å². The van der Waals surface area contributed by atoms with Gasteiger partial charge in [-0.25, -0.2) is 0 Å². The van der Waals surface area contributed by atoms with E-state index in [0.717, 1.165) is 85.1 Å². The second-order valence-corrected chi connectivity index (χ2v) is 9.83. The molecule has 0 atom stereocenters. The van der Waals surface area contributed by atoms with Crippen molar-refractivity contribution in [3.63, 3.8) is 0 Å². The summed E-state index contributed by atoms with van der Waals surface area (Å²) < 4.78 is 10.8. The van der Waals surface area contributed by atoms with E-state index < -0.39 is 0 Å². The van der Waals surface area contributed by atoms with Gasteiger partial charge in [-0.3, -0.25) is 4.90 Å². The molecule has 196 valence electrons. The molecule has 0 aliphatic carbocycles. The Morgan fingerprint density at radius 2 is 1.22 bits per heavy atom. The molecule has 0 bridgehead atoms. The van der Waals surface area contributed by atoms with Crippen LogP contribution in [0.5, 0.6) is 17.2 Å². The lowest BCUT2D eigenvalue weighted by atomic mass is 10.0. The Morgan fingerprint density at radius 3 is 1.81 bits per heavy atom. The smallest absolute Gasteiger partial charge is 0.123 e.